The maximum Gasteiger partial charge on any atom is 0.159 e. The number of nitrogens with zero attached hydrogens (tertiary/aromatic N) is 2. The van der Waals surface area contributed by atoms with Crippen molar-refractivity contribution in [2.75, 3.05) is 25.4 Å². The number of likely N-dealkylation sites (tertiary alicyclic amines) is 1. The van der Waals surface area contributed by atoms with Crippen LogP contribution in [0, 0.1) is 0 Å². The van der Waals surface area contributed by atoms with Crippen molar-refractivity contribution in [3.05, 3.63) is 0 Å². The molecule has 4 heteroatoms. The first kappa shape index (κ1) is 8.75. The number of amidine groups is 1. The number of hydrogen-bond donors (Lipinski definition) is 1. The summed E-state index contributed by atoms with van der Waals surface area (Å²) in [5.74, 6) is 1.17. The first-order chi connectivity index (χ1) is 5.86. The van der Waals surface area contributed by atoms with E-state index < -0.39 is 0 Å². The summed E-state index contributed by atoms with van der Waals surface area (Å²) < 4.78 is 0. The highest BCUT2D eigenvalue weighted by Crippen LogP contribution is 2.21. The summed E-state index contributed by atoms with van der Waals surface area (Å²) in [5.41, 5.74) is 0. The molecule has 1 fully saturated rings. The van der Waals surface area contributed by atoms with Gasteiger partial charge in [0, 0.05) is 24.1 Å². The minimum atomic E-state index is 0.558. The third-order valence-corrected chi connectivity index (χ3v) is 3.69. The summed E-state index contributed by atoms with van der Waals surface area (Å²) in [5, 5.41) is 1.82. The summed E-state index contributed by atoms with van der Waals surface area (Å²) in [4.78, 5) is 6.85. The van der Waals surface area contributed by atoms with E-state index in [1.54, 1.807) is 0 Å². The van der Waals surface area contributed by atoms with E-state index in [1.807, 2.05) is 11.8 Å². The van der Waals surface area contributed by atoms with Gasteiger partial charge < -0.3 is 4.90 Å². The maximum absolute atomic E-state index is 4.51. The Bertz CT molecular complexity index is 193. The van der Waals surface area contributed by atoms with E-state index in [-0.39, 0.29) is 0 Å². The smallest absolute Gasteiger partial charge is 0.159 e. The van der Waals surface area contributed by atoms with Gasteiger partial charge in [0.1, 0.15) is 0 Å². The SMILES string of the molecule is SC1CCCN(C2=NCCS2)C1. The quantitative estimate of drug-likeness (QED) is 0.599. The number of hydrogen-bond acceptors (Lipinski definition) is 4. The molecule has 0 aromatic carbocycles. The highest BCUT2D eigenvalue weighted by molar-refractivity contribution is 8.14. The minimum Gasteiger partial charge on any atom is -0.350 e. The molecule has 2 aliphatic heterocycles. The minimum absolute atomic E-state index is 0.558. The lowest BCUT2D eigenvalue weighted by Crippen LogP contribution is -2.38. The summed E-state index contributed by atoms with van der Waals surface area (Å²) >= 11 is 6.40. The van der Waals surface area contributed by atoms with Crippen molar-refractivity contribution in [3.8, 4) is 0 Å². The van der Waals surface area contributed by atoms with Gasteiger partial charge in [-0.15, -0.1) is 0 Å². The second-order valence-corrected chi connectivity index (χ2v) is 5.05. The lowest BCUT2D eigenvalue weighted by Gasteiger charge is -2.31. The molecule has 2 aliphatic rings. The maximum atomic E-state index is 4.51. The fourth-order valence-electron chi connectivity index (χ4n) is 1.64. The third kappa shape index (κ3) is 1.91. The molecular formula is C8H14N2S2. The average Bonchev–Trinajstić information content (AvgIpc) is 2.56. The molecule has 0 aliphatic carbocycles. The van der Waals surface area contributed by atoms with Crippen LogP contribution < -0.4 is 0 Å². The van der Waals surface area contributed by atoms with Crippen LogP contribution in [-0.4, -0.2) is 40.7 Å². The van der Waals surface area contributed by atoms with Gasteiger partial charge in [0.05, 0.1) is 6.54 Å². The predicted octanol–water partition coefficient (Wildman–Crippen LogP) is 1.48. The molecule has 1 atom stereocenters. The van der Waals surface area contributed by atoms with Crippen LogP contribution in [0.4, 0.5) is 0 Å². The van der Waals surface area contributed by atoms with Crippen LogP contribution in [0.3, 0.4) is 0 Å². The topological polar surface area (TPSA) is 15.6 Å². The molecule has 0 bridgehead atoms. The molecule has 0 aromatic rings. The fraction of sp³-hybridized carbons (Fsp3) is 0.875. The fourth-order valence-corrected chi connectivity index (χ4v) is 2.92. The highest BCUT2D eigenvalue weighted by atomic mass is 32.2. The number of thioether (sulfide) groups is 1. The molecule has 1 saturated heterocycles. The standard InChI is InChI=1S/C8H14N2S2/c11-7-2-1-4-10(6-7)8-9-3-5-12-8/h7,11H,1-6H2. The monoisotopic (exact) mass is 202 g/mol. The Balaban J connectivity index is 1.94. The zero-order valence-electron chi connectivity index (χ0n) is 7.07. The zero-order chi connectivity index (χ0) is 8.39. The Morgan fingerprint density at radius 1 is 1.58 bits per heavy atom. The van der Waals surface area contributed by atoms with Gasteiger partial charge in [0.25, 0.3) is 0 Å². The third-order valence-electron chi connectivity index (χ3n) is 2.24. The zero-order valence-corrected chi connectivity index (χ0v) is 8.78. The van der Waals surface area contributed by atoms with E-state index in [2.05, 4.69) is 22.5 Å². The molecular weight excluding hydrogens is 188 g/mol. The van der Waals surface area contributed by atoms with Crippen LogP contribution in [0.1, 0.15) is 12.8 Å². The molecule has 2 heterocycles. The van der Waals surface area contributed by atoms with Crippen molar-refractivity contribution in [3.63, 3.8) is 0 Å². The molecule has 0 amide bonds. The van der Waals surface area contributed by atoms with E-state index in [0.29, 0.717) is 5.25 Å². The average molecular weight is 202 g/mol. The van der Waals surface area contributed by atoms with E-state index in [0.717, 1.165) is 13.1 Å². The molecule has 1 unspecified atom stereocenters. The lowest BCUT2D eigenvalue weighted by molar-refractivity contribution is 0.356. The Hall–Kier alpha value is 0.170. The molecule has 0 radical (unpaired) electrons. The van der Waals surface area contributed by atoms with Crippen LogP contribution in [0.2, 0.25) is 0 Å². The van der Waals surface area contributed by atoms with Crippen molar-refractivity contribution < 1.29 is 0 Å². The van der Waals surface area contributed by atoms with Crippen LogP contribution in [0.25, 0.3) is 0 Å². The van der Waals surface area contributed by atoms with Gasteiger partial charge in [-0.2, -0.15) is 12.6 Å². The van der Waals surface area contributed by atoms with Crippen molar-refractivity contribution >= 4 is 29.6 Å². The van der Waals surface area contributed by atoms with Crippen LogP contribution in [-0.2, 0) is 0 Å². The molecule has 2 nitrogen and oxygen atoms in total. The first-order valence-electron chi connectivity index (χ1n) is 4.46. The normalized spacial score (nSPS) is 30.6. The Morgan fingerprint density at radius 2 is 2.50 bits per heavy atom. The molecule has 0 spiro atoms. The number of aliphatic imine (C=N–C) groups is 1. The Morgan fingerprint density at radius 3 is 3.17 bits per heavy atom. The molecule has 0 N–H and O–H groups in total. The first-order valence-corrected chi connectivity index (χ1v) is 5.97. The molecule has 12 heavy (non-hydrogen) atoms. The van der Waals surface area contributed by atoms with Gasteiger partial charge in [0.15, 0.2) is 5.17 Å². The summed E-state index contributed by atoms with van der Waals surface area (Å²) in [6, 6.07) is 0. The molecule has 0 aromatic heterocycles. The van der Waals surface area contributed by atoms with E-state index >= 15 is 0 Å². The summed E-state index contributed by atoms with van der Waals surface area (Å²) in [6.45, 7) is 3.28. The van der Waals surface area contributed by atoms with Crippen LogP contribution in [0.15, 0.2) is 4.99 Å². The summed E-state index contributed by atoms with van der Waals surface area (Å²) in [7, 11) is 0. The van der Waals surface area contributed by atoms with Crippen molar-refractivity contribution in [1.29, 1.82) is 0 Å². The van der Waals surface area contributed by atoms with Gasteiger partial charge in [-0.25, -0.2) is 0 Å². The molecule has 0 saturated carbocycles. The highest BCUT2D eigenvalue weighted by Gasteiger charge is 2.21. The van der Waals surface area contributed by atoms with E-state index in [4.69, 9.17) is 0 Å². The number of rotatable bonds is 0. The van der Waals surface area contributed by atoms with Crippen molar-refractivity contribution in [1.82, 2.24) is 4.90 Å². The molecule has 2 rings (SSSR count). The van der Waals surface area contributed by atoms with Gasteiger partial charge in [0.2, 0.25) is 0 Å². The van der Waals surface area contributed by atoms with Crippen molar-refractivity contribution in [2.24, 2.45) is 4.99 Å². The van der Waals surface area contributed by atoms with E-state index in [9.17, 15) is 0 Å². The van der Waals surface area contributed by atoms with Gasteiger partial charge in [-0.1, -0.05) is 11.8 Å². The van der Waals surface area contributed by atoms with Crippen LogP contribution in [0.5, 0.6) is 0 Å². The second-order valence-electron chi connectivity index (χ2n) is 3.25. The predicted molar refractivity (Wildman–Crippen MR) is 58.3 cm³/mol. The van der Waals surface area contributed by atoms with Gasteiger partial charge in [-0.05, 0) is 12.8 Å². The Labute approximate surface area is 83.2 Å². The number of thiol groups is 1. The second kappa shape index (κ2) is 3.92. The van der Waals surface area contributed by atoms with Crippen LogP contribution >= 0.6 is 24.4 Å². The van der Waals surface area contributed by atoms with E-state index in [1.165, 1.54) is 30.3 Å². The van der Waals surface area contributed by atoms with Gasteiger partial charge >= 0.3 is 0 Å². The largest absolute Gasteiger partial charge is 0.350 e. The lowest BCUT2D eigenvalue weighted by atomic mass is 10.1. The molecule has 68 valence electrons. The Kier molecular flexibility index (Phi) is 2.86. The van der Waals surface area contributed by atoms with Gasteiger partial charge in [-0.3, -0.25) is 4.99 Å². The summed E-state index contributed by atoms with van der Waals surface area (Å²) in [6.07, 6.45) is 2.53. The van der Waals surface area contributed by atoms with Crippen molar-refractivity contribution in [2.45, 2.75) is 18.1 Å². The number of piperidine rings is 1.